The monoisotopic (exact) mass is 328 g/mol. The van der Waals surface area contributed by atoms with Crippen molar-refractivity contribution in [3.63, 3.8) is 0 Å². The first-order valence-electron chi connectivity index (χ1n) is 8.88. The predicted molar refractivity (Wildman–Crippen MR) is 92.0 cm³/mol. The molecule has 2 fully saturated rings. The number of para-hydroxylation sites is 2. The van der Waals surface area contributed by atoms with Crippen molar-refractivity contribution in [2.24, 2.45) is 0 Å². The highest BCUT2D eigenvalue weighted by atomic mass is 16.6. The highest BCUT2D eigenvalue weighted by molar-refractivity contribution is 5.74. The molecule has 6 nitrogen and oxygen atoms in total. The van der Waals surface area contributed by atoms with Gasteiger partial charge in [0.2, 0.25) is 0 Å². The van der Waals surface area contributed by atoms with Crippen LogP contribution < -0.4 is 0 Å². The lowest BCUT2D eigenvalue weighted by molar-refractivity contribution is 0.154. The Hall–Kier alpha value is -2.08. The molecule has 2 aliphatic heterocycles. The number of H-pyrrole nitrogens is 1. The molecule has 2 aromatic rings. The first-order valence-corrected chi connectivity index (χ1v) is 8.88. The van der Waals surface area contributed by atoms with Gasteiger partial charge in [-0.2, -0.15) is 0 Å². The Morgan fingerprint density at radius 2 is 2.00 bits per heavy atom. The van der Waals surface area contributed by atoms with Gasteiger partial charge in [-0.15, -0.1) is 0 Å². The molecular weight excluding hydrogens is 304 g/mol. The second-order valence-electron chi connectivity index (χ2n) is 6.71. The summed E-state index contributed by atoms with van der Waals surface area (Å²) in [6.07, 6.45) is 3.15. The van der Waals surface area contributed by atoms with Crippen LogP contribution in [-0.2, 0) is 4.74 Å². The number of amides is 1. The van der Waals surface area contributed by atoms with Crippen molar-refractivity contribution < 1.29 is 9.53 Å². The summed E-state index contributed by atoms with van der Waals surface area (Å²) in [4.78, 5) is 23.9. The molecule has 6 heteroatoms. The summed E-state index contributed by atoms with van der Waals surface area (Å²) >= 11 is 0. The molecule has 0 aliphatic carbocycles. The van der Waals surface area contributed by atoms with Gasteiger partial charge in [-0.25, -0.2) is 9.78 Å². The summed E-state index contributed by atoms with van der Waals surface area (Å²) < 4.78 is 4.96. The number of benzene rings is 1. The summed E-state index contributed by atoms with van der Waals surface area (Å²) in [6.45, 7) is 5.35. The SMILES string of the molecule is O=C1OCCN1CCCN1CCC(c2nc3ccccc3[nH]2)CC1. The van der Waals surface area contributed by atoms with E-state index in [0.717, 1.165) is 68.8 Å². The number of aromatic nitrogens is 2. The molecule has 4 rings (SSSR count). The molecule has 0 saturated carbocycles. The second-order valence-corrected chi connectivity index (χ2v) is 6.71. The molecule has 0 atom stereocenters. The maximum atomic E-state index is 11.4. The Balaban J connectivity index is 1.25. The van der Waals surface area contributed by atoms with E-state index < -0.39 is 0 Å². The van der Waals surface area contributed by atoms with Crippen molar-refractivity contribution >= 4 is 17.1 Å². The maximum Gasteiger partial charge on any atom is 0.409 e. The van der Waals surface area contributed by atoms with E-state index in [-0.39, 0.29) is 6.09 Å². The average Bonchev–Trinajstić information content (AvgIpc) is 3.22. The first-order chi connectivity index (χ1) is 11.8. The molecule has 0 spiro atoms. The van der Waals surface area contributed by atoms with Crippen molar-refractivity contribution in [3.8, 4) is 0 Å². The highest BCUT2D eigenvalue weighted by Crippen LogP contribution is 2.27. The molecule has 3 heterocycles. The Labute approximate surface area is 141 Å². The van der Waals surface area contributed by atoms with E-state index in [0.29, 0.717) is 12.5 Å². The van der Waals surface area contributed by atoms with Gasteiger partial charge in [0.25, 0.3) is 0 Å². The maximum absolute atomic E-state index is 11.4. The summed E-state index contributed by atoms with van der Waals surface area (Å²) in [7, 11) is 0. The second kappa shape index (κ2) is 6.81. The van der Waals surface area contributed by atoms with Gasteiger partial charge in [-0.3, -0.25) is 0 Å². The lowest BCUT2D eigenvalue weighted by atomic mass is 9.96. The number of likely N-dealkylation sites (tertiary alicyclic amines) is 1. The quantitative estimate of drug-likeness (QED) is 0.916. The number of piperidine rings is 1. The average molecular weight is 328 g/mol. The number of carbonyl (C=O) groups is 1. The van der Waals surface area contributed by atoms with Crippen LogP contribution in [0.1, 0.15) is 31.0 Å². The lowest BCUT2D eigenvalue weighted by Crippen LogP contribution is -2.36. The Morgan fingerprint density at radius 1 is 1.17 bits per heavy atom. The van der Waals surface area contributed by atoms with Crippen LogP contribution >= 0.6 is 0 Å². The fourth-order valence-electron chi connectivity index (χ4n) is 3.71. The van der Waals surface area contributed by atoms with E-state index in [2.05, 4.69) is 22.0 Å². The molecule has 2 aliphatic rings. The Kier molecular flexibility index (Phi) is 4.38. The van der Waals surface area contributed by atoms with E-state index in [1.54, 1.807) is 4.90 Å². The standard InChI is InChI=1S/C18H24N4O2/c23-18-22(12-13-24-18)9-3-8-21-10-6-14(7-11-21)17-19-15-4-1-2-5-16(15)20-17/h1-2,4-5,14H,3,6-13H2,(H,19,20). The number of imidazole rings is 1. The van der Waals surface area contributed by atoms with Crippen LogP contribution in [0.4, 0.5) is 4.79 Å². The van der Waals surface area contributed by atoms with Crippen LogP contribution in [0, 0.1) is 0 Å². The van der Waals surface area contributed by atoms with E-state index in [1.165, 1.54) is 0 Å². The van der Waals surface area contributed by atoms with Crippen molar-refractivity contribution in [2.45, 2.75) is 25.2 Å². The molecule has 0 radical (unpaired) electrons. The molecular formula is C18H24N4O2. The zero-order valence-corrected chi connectivity index (χ0v) is 13.9. The number of ether oxygens (including phenoxy) is 1. The van der Waals surface area contributed by atoms with Gasteiger partial charge in [0, 0.05) is 12.5 Å². The Bertz CT molecular complexity index is 673. The van der Waals surface area contributed by atoms with Crippen molar-refractivity contribution in [1.82, 2.24) is 19.8 Å². The number of cyclic esters (lactones) is 1. The molecule has 24 heavy (non-hydrogen) atoms. The van der Waals surface area contributed by atoms with Gasteiger partial charge in [0.05, 0.1) is 17.6 Å². The van der Waals surface area contributed by atoms with Gasteiger partial charge in [-0.05, 0) is 51.0 Å². The van der Waals surface area contributed by atoms with Crippen LogP contribution in [0.15, 0.2) is 24.3 Å². The normalized spacial score (nSPS) is 20.0. The largest absolute Gasteiger partial charge is 0.448 e. The number of hydrogen-bond donors (Lipinski definition) is 1. The molecule has 0 bridgehead atoms. The third-order valence-corrected chi connectivity index (χ3v) is 5.13. The molecule has 0 unspecified atom stereocenters. The number of nitrogens with zero attached hydrogens (tertiary/aromatic N) is 3. The van der Waals surface area contributed by atoms with Gasteiger partial charge >= 0.3 is 6.09 Å². The molecule has 1 aromatic heterocycles. The molecule has 128 valence electrons. The number of fused-ring (bicyclic) bond motifs is 1. The van der Waals surface area contributed by atoms with Crippen molar-refractivity contribution in [1.29, 1.82) is 0 Å². The summed E-state index contributed by atoms with van der Waals surface area (Å²) in [5.74, 6) is 1.66. The molecule has 1 amide bonds. The molecule has 2 saturated heterocycles. The fourth-order valence-corrected chi connectivity index (χ4v) is 3.71. The number of aromatic amines is 1. The van der Waals surface area contributed by atoms with Crippen LogP contribution in [-0.4, -0.2) is 65.2 Å². The third kappa shape index (κ3) is 3.24. The minimum Gasteiger partial charge on any atom is -0.448 e. The van der Waals surface area contributed by atoms with Crippen molar-refractivity contribution in [3.05, 3.63) is 30.1 Å². The third-order valence-electron chi connectivity index (χ3n) is 5.13. The van der Waals surface area contributed by atoms with E-state index in [4.69, 9.17) is 9.72 Å². The smallest absolute Gasteiger partial charge is 0.409 e. The summed E-state index contributed by atoms with van der Waals surface area (Å²) in [6, 6.07) is 8.23. The lowest BCUT2D eigenvalue weighted by Gasteiger charge is -2.31. The molecule has 1 N–H and O–H groups in total. The van der Waals surface area contributed by atoms with Gasteiger partial charge in [0.15, 0.2) is 0 Å². The number of hydrogen-bond acceptors (Lipinski definition) is 4. The van der Waals surface area contributed by atoms with Gasteiger partial charge in [-0.1, -0.05) is 12.1 Å². The minimum atomic E-state index is -0.154. The van der Waals surface area contributed by atoms with E-state index in [1.807, 2.05) is 12.1 Å². The van der Waals surface area contributed by atoms with Crippen LogP contribution in [0.3, 0.4) is 0 Å². The summed E-state index contributed by atoms with van der Waals surface area (Å²) in [5.41, 5.74) is 2.19. The topological polar surface area (TPSA) is 61.5 Å². The van der Waals surface area contributed by atoms with Gasteiger partial charge < -0.3 is 19.5 Å². The molecule has 1 aromatic carbocycles. The van der Waals surface area contributed by atoms with Crippen molar-refractivity contribution in [2.75, 3.05) is 39.3 Å². The zero-order valence-electron chi connectivity index (χ0n) is 13.9. The number of nitrogens with one attached hydrogen (secondary N) is 1. The van der Waals surface area contributed by atoms with Crippen LogP contribution in [0.25, 0.3) is 11.0 Å². The van der Waals surface area contributed by atoms with Crippen LogP contribution in [0.5, 0.6) is 0 Å². The summed E-state index contributed by atoms with van der Waals surface area (Å²) in [5, 5.41) is 0. The van der Waals surface area contributed by atoms with E-state index in [9.17, 15) is 4.79 Å². The Morgan fingerprint density at radius 3 is 2.75 bits per heavy atom. The minimum absolute atomic E-state index is 0.154. The zero-order chi connectivity index (χ0) is 16.4. The number of carbonyl (C=O) groups excluding carboxylic acids is 1. The van der Waals surface area contributed by atoms with Crippen LogP contribution in [0.2, 0.25) is 0 Å². The highest BCUT2D eigenvalue weighted by Gasteiger charge is 2.24. The number of rotatable bonds is 5. The fraction of sp³-hybridized carbons (Fsp3) is 0.556. The van der Waals surface area contributed by atoms with Gasteiger partial charge in [0.1, 0.15) is 12.4 Å². The predicted octanol–water partition coefficient (Wildman–Crippen LogP) is 2.58. The first kappa shape index (κ1) is 15.4. The van der Waals surface area contributed by atoms with E-state index >= 15 is 0 Å².